The molecule has 1 saturated heterocycles. The first-order valence-corrected chi connectivity index (χ1v) is 8.07. The predicted octanol–water partition coefficient (Wildman–Crippen LogP) is 2.74. The summed E-state index contributed by atoms with van der Waals surface area (Å²) in [6.45, 7) is 5.68. The summed E-state index contributed by atoms with van der Waals surface area (Å²) in [4.78, 5) is 14.5. The fourth-order valence-electron chi connectivity index (χ4n) is 2.77. The van der Waals surface area contributed by atoms with Crippen molar-refractivity contribution in [2.45, 2.75) is 32.2 Å². The Morgan fingerprint density at radius 3 is 2.62 bits per heavy atom. The minimum atomic E-state index is 0.0457. The van der Waals surface area contributed by atoms with Gasteiger partial charge in [0, 0.05) is 16.8 Å². The van der Waals surface area contributed by atoms with E-state index in [1.807, 2.05) is 12.1 Å². The number of halogens is 1. The third-order valence-electron chi connectivity index (χ3n) is 3.81. The molecule has 0 spiro atoms. The van der Waals surface area contributed by atoms with Crippen molar-refractivity contribution in [2.24, 2.45) is 0 Å². The Morgan fingerprint density at radius 1 is 1.33 bits per heavy atom. The highest BCUT2D eigenvalue weighted by Gasteiger charge is 2.22. The maximum Gasteiger partial charge on any atom is 0.238 e. The molecule has 0 saturated carbocycles. The van der Waals surface area contributed by atoms with Crippen LogP contribution in [0.25, 0.3) is 0 Å². The average molecular weight is 310 g/mol. The minimum absolute atomic E-state index is 0.0457. The third kappa shape index (κ3) is 5.30. The van der Waals surface area contributed by atoms with E-state index in [0.717, 1.165) is 44.6 Å². The highest BCUT2D eigenvalue weighted by molar-refractivity contribution is 6.30. The molecule has 2 N–H and O–H groups in total. The molecule has 0 aromatic heterocycles. The number of nitrogens with one attached hydrogen (secondary N) is 2. The fraction of sp³-hybridized carbons (Fsp3) is 0.562. The molecule has 1 aliphatic heterocycles. The molecule has 1 aromatic carbocycles. The molecule has 0 unspecified atom stereocenters. The van der Waals surface area contributed by atoms with Crippen molar-refractivity contribution in [3.63, 3.8) is 0 Å². The van der Waals surface area contributed by atoms with E-state index in [0.29, 0.717) is 17.6 Å². The highest BCUT2D eigenvalue weighted by atomic mass is 35.5. The second kappa shape index (κ2) is 8.37. The number of hydrogen-bond acceptors (Lipinski definition) is 3. The monoisotopic (exact) mass is 309 g/mol. The van der Waals surface area contributed by atoms with Crippen molar-refractivity contribution in [3.8, 4) is 0 Å². The van der Waals surface area contributed by atoms with E-state index < -0.39 is 0 Å². The Bertz CT molecular complexity index is 443. The summed E-state index contributed by atoms with van der Waals surface area (Å²) in [5, 5.41) is 6.99. The van der Waals surface area contributed by atoms with Crippen LogP contribution in [0.2, 0.25) is 5.02 Å². The highest BCUT2D eigenvalue weighted by Crippen LogP contribution is 2.15. The van der Waals surface area contributed by atoms with Gasteiger partial charge in [0.2, 0.25) is 5.91 Å². The zero-order valence-electron chi connectivity index (χ0n) is 12.6. The number of nitrogens with zero attached hydrogens (tertiary/aromatic N) is 1. The molecular formula is C16H24ClN3O. The molecule has 1 aromatic rings. The van der Waals surface area contributed by atoms with E-state index in [4.69, 9.17) is 11.6 Å². The lowest BCUT2D eigenvalue weighted by atomic mass is 10.0. The first kappa shape index (κ1) is 16.3. The Balaban J connectivity index is 1.89. The van der Waals surface area contributed by atoms with Gasteiger partial charge in [-0.3, -0.25) is 9.69 Å². The Kier molecular flexibility index (Phi) is 6.49. The van der Waals surface area contributed by atoms with Gasteiger partial charge in [-0.1, -0.05) is 18.5 Å². The van der Waals surface area contributed by atoms with Crippen LogP contribution < -0.4 is 10.6 Å². The lowest BCUT2D eigenvalue weighted by molar-refractivity contribution is -0.118. The van der Waals surface area contributed by atoms with Gasteiger partial charge in [0.05, 0.1) is 6.54 Å². The number of anilines is 1. The number of piperidine rings is 1. The summed E-state index contributed by atoms with van der Waals surface area (Å²) in [6, 6.07) is 7.74. The van der Waals surface area contributed by atoms with Gasteiger partial charge in [-0.15, -0.1) is 0 Å². The quantitative estimate of drug-likeness (QED) is 0.849. The van der Waals surface area contributed by atoms with Crippen LogP contribution in [0.4, 0.5) is 5.69 Å². The maximum absolute atomic E-state index is 12.2. The number of carbonyl (C=O) groups is 1. The average Bonchev–Trinajstić information content (AvgIpc) is 2.50. The smallest absolute Gasteiger partial charge is 0.238 e. The van der Waals surface area contributed by atoms with Crippen LogP contribution in [0.5, 0.6) is 0 Å². The van der Waals surface area contributed by atoms with Crippen molar-refractivity contribution >= 4 is 23.2 Å². The zero-order valence-corrected chi connectivity index (χ0v) is 13.3. The van der Waals surface area contributed by atoms with Gasteiger partial charge in [0.15, 0.2) is 0 Å². The van der Waals surface area contributed by atoms with Gasteiger partial charge in [0.1, 0.15) is 0 Å². The first-order valence-electron chi connectivity index (χ1n) is 7.69. The summed E-state index contributed by atoms with van der Waals surface area (Å²) in [5.74, 6) is 0.0457. The lowest BCUT2D eigenvalue weighted by Gasteiger charge is -2.34. The van der Waals surface area contributed by atoms with Gasteiger partial charge in [-0.05, 0) is 63.2 Å². The molecule has 0 bridgehead atoms. The summed E-state index contributed by atoms with van der Waals surface area (Å²) < 4.78 is 0. The van der Waals surface area contributed by atoms with Gasteiger partial charge in [-0.25, -0.2) is 0 Å². The molecule has 1 heterocycles. The molecule has 1 aliphatic rings. The van der Waals surface area contributed by atoms with Crippen LogP contribution in [0, 0.1) is 0 Å². The lowest BCUT2D eigenvalue weighted by Crippen LogP contribution is -2.46. The third-order valence-corrected chi connectivity index (χ3v) is 4.06. The van der Waals surface area contributed by atoms with Crippen molar-refractivity contribution in [2.75, 3.05) is 31.5 Å². The first-order chi connectivity index (χ1) is 10.2. The molecule has 0 radical (unpaired) electrons. The van der Waals surface area contributed by atoms with Crippen LogP contribution in [-0.2, 0) is 4.79 Å². The van der Waals surface area contributed by atoms with E-state index in [-0.39, 0.29) is 5.91 Å². The molecule has 1 amide bonds. The Labute approximate surface area is 131 Å². The van der Waals surface area contributed by atoms with Crippen LogP contribution in [-0.4, -0.2) is 43.0 Å². The molecule has 116 valence electrons. The van der Waals surface area contributed by atoms with Crippen LogP contribution in [0.3, 0.4) is 0 Å². The normalized spacial score (nSPS) is 16.1. The van der Waals surface area contributed by atoms with E-state index in [9.17, 15) is 4.79 Å². The number of benzene rings is 1. The van der Waals surface area contributed by atoms with Crippen LogP contribution in [0.1, 0.15) is 26.2 Å². The van der Waals surface area contributed by atoms with Crippen molar-refractivity contribution in [1.82, 2.24) is 10.2 Å². The van der Waals surface area contributed by atoms with Crippen molar-refractivity contribution in [1.29, 1.82) is 0 Å². The predicted molar refractivity (Wildman–Crippen MR) is 87.8 cm³/mol. The summed E-state index contributed by atoms with van der Waals surface area (Å²) in [7, 11) is 0. The van der Waals surface area contributed by atoms with E-state index in [1.165, 1.54) is 0 Å². The van der Waals surface area contributed by atoms with Gasteiger partial charge >= 0.3 is 0 Å². The van der Waals surface area contributed by atoms with E-state index >= 15 is 0 Å². The van der Waals surface area contributed by atoms with Crippen LogP contribution >= 0.6 is 11.6 Å². The van der Waals surface area contributed by atoms with Gasteiger partial charge < -0.3 is 10.6 Å². The molecule has 0 atom stereocenters. The minimum Gasteiger partial charge on any atom is -0.325 e. The topological polar surface area (TPSA) is 44.4 Å². The van der Waals surface area contributed by atoms with E-state index in [2.05, 4.69) is 22.5 Å². The molecule has 5 heteroatoms. The Hall–Kier alpha value is -1.10. The number of amides is 1. The summed E-state index contributed by atoms with van der Waals surface area (Å²) in [6.07, 6.45) is 3.31. The number of rotatable bonds is 6. The van der Waals surface area contributed by atoms with Gasteiger partial charge in [-0.2, -0.15) is 0 Å². The van der Waals surface area contributed by atoms with E-state index in [1.54, 1.807) is 12.1 Å². The number of hydrogen-bond donors (Lipinski definition) is 2. The summed E-state index contributed by atoms with van der Waals surface area (Å²) in [5.41, 5.74) is 0.797. The molecule has 21 heavy (non-hydrogen) atoms. The van der Waals surface area contributed by atoms with Crippen molar-refractivity contribution in [3.05, 3.63) is 29.3 Å². The van der Waals surface area contributed by atoms with Crippen LogP contribution in [0.15, 0.2) is 24.3 Å². The summed E-state index contributed by atoms with van der Waals surface area (Å²) >= 11 is 5.85. The zero-order chi connectivity index (χ0) is 15.1. The molecule has 2 rings (SSSR count). The number of carbonyl (C=O) groups excluding carboxylic acids is 1. The molecule has 4 nitrogen and oxygen atoms in total. The maximum atomic E-state index is 12.2. The molecule has 0 aliphatic carbocycles. The standard InChI is InChI=1S/C16H24ClN3O/c1-2-11-20(15-7-9-18-10-8-15)12-16(21)19-14-5-3-13(17)4-6-14/h3-6,15,18H,2,7-12H2,1H3,(H,19,21). The molecular weight excluding hydrogens is 286 g/mol. The second-order valence-electron chi connectivity index (χ2n) is 5.51. The second-order valence-corrected chi connectivity index (χ2v) is 5.94. The van der Waals surface area contributed by atoms with Gasteiger partial charge in [0.25, 0.3) is 0 Å². The fourth-order valence-corrected chi connectivity index (χ4v) is 2.89. The van der Waals surface area contributed by atoms with Crippen molar-refractivity contribution < 1.29 is 4.79 Å². The largest absolute Gasteiger partial charge is 0.325 e. The Morgan fingerprint density at radius 2 is 2.00 bits per heavy atom. The molecule has 1 fully saturated rings. The SMILES string of the molecule is CCCN(CC(=O)Nc1ccc(Cl)cc1)C1CCNCC1.